The van der Waals surface area contributed by atoms with E-state index >= 15 is 0 Å². The number of anilines is 1. The van der Waals surface area contributed by atoms with E-state index < -0.39 is 11.6 Å². The van der Waals surface area contributed by atoms with Crippen LogP contribution in [0.25, 0.3) is 27.8 Å². The first kappa shape index (κ1) is 28.8. The van der Waals surface area contributed by atoms with Gasteiger partial charge in [-0.05, 0) is 61.4 Å². The summed E-state index contributed by atoms with van der Waals surface area (Å²) < 4.78 is 20.6. The molecule has 43 heavy (non-hydrogen) atoms. The van der Waals surface area contributed by atoms with Gasteiger partial charge in [-0.1, -0.05) is 18.2 Å². The molecule has 1 amide bonds. The lowest BCUT2D eigenvalue weighted by Gasteiger charge is -2.39. The molecule has 1 saturated carbocycles. The molecule has 1 spiro atoms. The van der Waals surface area contributed by atoms with E-state index in [0.29, 0.717) is 38.9 Å². The predicted octanol–water partition coefficient (Wildman–Crippen LogP) is 6.39. The zero-order valence-corrected chi connectivity index (χ0v) is 25.0. The Balaban J connectivity index is 1.34. The maximum atomic E-state index is 13.7. The molecular weight excluding hydrogens is 570 g/mol. The van der Waals surface area contributed by atoms with Crippen LogP contribution in [0.5, 0.6) is 5.75 Å². The summed E-state index contributed by atoms with van der Waals surface area (Å²) in [7, 11) is 3.00. The van der Waals surface area contributed by atoms with Crippen molar-refractivity contribution in [3.05, 3.63) is 87.9 Å². The molecule has 6 rings (SSSR count). The number of nitrogens with one attached hydrogen (secondary N) is 1. The first-order valence-electron chi connectivity index (χ1n) is 14.1. The number of nitrogens with zero attached hydrogens (tertiary/aromatic N) is 2. The van der Waals surface area contributed by atoms with Gasteiger partial charge in [-0.2, -0.15) is 0 Å². The Morgan fingerprint density at radius 1 is 1.12 bits per heavy atom. The largest absolute Gasteiger partial charge is 0.495 e. The highest BCUT2D eigenvalue weighted by atomic mass is 35.5. The Labute approximate surface area is 253 Å². The Hall–Kier alpha value is -4.34. The highest BCUT2D eigenvalue weighted by molar-refractivity contribution is 6.31. The van der Waals surface area contributed by atoms with Crippen LogP contribution in [0.3, 0.4) is 0 Å². The highest BCUT2D eigenvalue weighted by Gasteiger charge is 2.48. The first-order valence-corrected chi connectivity index (χ1v) is 14.5. The van der Waals surface area contributed by atoms with Crippen LogP contribution in [0.15, 0.2) is 66.1 Å². The van der Waals surface area contributed by atoms with E-state index in [2.05, 4.69) is 16.5 Å². The van der Waals surface area contributed by atoms with Crippen LogP contribution in [0, 0.1) is 0 Å². The topological polar surface area (TPSA) is 101 Å². The van der Waals surface area contributed by atoms with E-state index in [4.69, 9.17) is 25.8 Å². The number of carbonyl (C=O) groups is 2. The summed E-state index contributed by atoms with van der Waals surface area (Å²) in [6, 6.07) is 13.1. The van der Waals surface area contributed by atoms with Gasteiger partial charge in [-0.3, -0.25) is 23.5 Å². The molecule has 1 N–H and O–H groups in total. The summed E-state index contributed by atoms with van der Waals surface area (Å²) in [5.74, 6) is 0.415. The van der Waals surface area contributed by atoms with E-state index in [1.165, 1.54) is 38.0 Å². The molecule has 1 fully saturated rings. The fourth-order valence-electron chi connectivity index (χ4n) is 6.11. The molecule has 222 valence electrons. The minimum atomic E-state index is -0.900. The molecule has 9 nitrogen and oxygen atoms in total. The highest BCUT2D eigenvalue weighted by Crippen LogP contribution is 2.51. The molecule has 10 heteroatoms. The first-order chi connectivity index (χ1) is 20.7. The fourth-order valence-corrected chi connectivity index (χ4v) is 6.28. The van der Waals surface area contributed by atoms with Crippen LogP contribution in [0.1, 0.15) is 54.7 Å². The van der Waals surface area contributed by atoms with Crippen LogP contribution < -0.4 is 15.6 Å². The van der Waals surface area contributed by atoms with Gasteiger partial charge < -0.3 is 19.5 Å². The van der Waals surface area contributed by atoms with E-state index in [-0.39, 0.29) is 30.4 Å². The molecule has 2 aliphatic rings. The van der Waals surface area contributed by atoms with Gasteiger partial charge in [-0.15, -0.1) is 0 Å². The monoisotopic (exact) mass is 601 g/mol. The molecule has 1 aliphatic heterocycles. The number of carbonyl (C=O) groups excluding carboxylic acids is 2. The van der Waals surface area contributed by atoms with Gasteiger partial charge in [0.2, 0.25) is 5.91 Å². The van der Waals surface area contributed by atoms with Crippen LogP contribution >= 0.6 is 11.6 Å². The van der Waals surface area contributed by atoms with Gasteiger partial charge in [0.05, 0.1) is 24.5 Å². The quantitative estimate of drug-likeness (QED) is 0.223. The second kappa shape index (κ2) is 11.1. The smallest absolute Gasteiger partial charge is 0.252 e. The van der Waals surface area contributed by atoms with E-state index in [1.54, 1.807) is 18.2 Å². The number of Topliss-reactive ketones (excluding diaryl/α,β-unsaturated/α-hetero) is 1. The lowest BCUT2D eigenvalue weighted by Crippen LogP contribution is -2.38. The van der Waals surface area contributed by atoms with E-state index in [9.17, 15) is 14.4 Å². The Kier molecular flexibility index (Phi) is 7.40. The van der Waals surface area contributed by atoms with Gasteiger partial charge in [0.15, 0.2) is 11.5 Å². The number of hydrogen-bond donors (Lipinski definition) is 1. The van der Waals surface area contributed by atoms with Crippen molar-refractivity contribution in [1.82, 2.24) is 9.13 Å². The van der Waals surface area contributed by atoms with Crippen LogP contribution in [-0.4, -0.2) is 41.7 Å². The molecular formula is C33H32ClN3O6. The number of aromatic nitrogens is 2. The Morgan fingerprint density at radius 2 is 1.91 bits per heavy atom. The third-order valence-corrected chi connectivity index (χ3v) is 8.59. The predicted molar refractivity (Wildman–Crippen MR) is 166 cm³/mol. The number of amides is 1. The summed E-state index contributed by atoms with van der Waals surface area (Å²) in [5, 5.41) is 4.36. The minimum Gasteiger partial charge on any atom is -0.495 e. The van der Waals surface area contributed by atoms with Gasteiger partial charge in [0, 0.05) is 66.3 Å². The second-order valence-electron chi connectivity index (χ2n) is 11.0. The van der Waals surface area contributed by atoms with Crippen LogP contribution in [-0.2, 0) is 20.0 Å². The zero-order valence-electron chi connectivity index (χ0n) is 24.2. The number of hydrogen-bond acceptors (Lipinski definition) is 6. The van der Waals surface area contributed by atoms with Crippen molar-refractivity contribution in [3.8, 4) is 16.9 Å². The summed E-state index contributed by atoms with van der Waals surface area (Å²) in [5.41, 5.74) is 3.05. The number of fused-ring (bicyclic) bond motifs is 4. The molecule has 1 unspecified atom stereocenters. The Bertz CT molecular complexity index is 1850. The normalized spacial score (nSPS) is 15.6. The molecule has 0 bridgehead atoms. The van der Waals surface area contributed by atoms with Gasteiger partial charge >= 0.3 is 0 Å². The van der Waals surface area contributed by atoms with E-state index in [1.807, 2.05) is 24.3 Å². The summed E-state index contributed by atoms with van der Waals surface area (Å²) in [6.07, 6.45) is 4.71. The maximum Gasteiger partial charge on any atom is 0.252 e. The zero-order chi connectivity index (χ0) is 30.5. The standard InChI is InChI=1S/C33H32ClN3O6/c1-19(38)24-8-6-22(34)16-25(24)26-17-31(39)36(18-30(26)42-4)28(10-13-41-3)32(40)35-23-7-9-27-21(14-23)15-29-20(2)43-33(37(27)29)11-5-12-33/h6-9,14-18,28H,2,5,10-13H2,1,3-4H3,(H,35,40). The summed E-state index contributed by atoms with van der Waals surface area (Å²) in [4.78, 5) is 39.6. The number of pyridine rings is 1. The van der Waals surface area contributed by atoms with Crippen molar-refractivity contribution >= 4 is 45.6 Å². The molecule has 1 aliphatic carbocycles. The van der Waals surface area contributed by atoms with Crippen molar-refractivity contribution in [2.75, 3.05) is 26.1 Å². The van der Waals surface area contributed by atoms with Crippen molar-refractivity contribution in [3.63, 3.8) is 0 Å². The number of ether oxygens (including phenoxy) is 3. The average molecular weight is 602 g/mol. The molecule has 0 radical (unpaired) electrons. The Morgan fingerprint density at radius 3 is 2.58 bits per heavy atom. The average Bonchev–Trinajstić information content (AvgIpc) is 3.48. The number of rotatable bonds is 9. The number of ketones is 1. The van der Waals surface area contributed by atoms with Crippen molar-refractivity contribution in [2.24, 2.45) is 0 Å². The molecule has 0 saturated heterocycles. The minimum absolute atomic E-state index is 0.180. The SMILES string of the molecule is C=C1OC2(CCC2)n2c1cc1cc(NC(=O)C(CCOC)n3cc(OC)c(-c4cc(Cl)ccc4C(C)=O)cc3=O)ccc12. The lowest BCUT2D eigenvalue weighted by molar-refractivity contribution is -0.119. The van der Waals surface area contributed by atoms with Crippen LogP contribution in [0.4, 0.5) is 5.69 Å². The van der Waals surface area contributed by atoms with Gasteiger partial charge in [0.1, 0.15) is 17.6 Å². The lowest BCUT2D eigenvalue weighted by atomic mass is 9.88. The number of methoxy groups -OCH3 is 2. The molecule has 2 aromatic carbocycles. The van der Waals surface area contributed by atoms with Crippen molar-refractivity contribution in [2.45, 2.75) is 44.4 Å². The number of halogens is 1. The van der Waals surface area contributed by atoms with Crippen molar-refractivity contribution in [1.29, 1.82) is 0 Å². The van der Waals surface area contributed by atoms with Gasteiger partial charge in [0.25, 0.3) is 5.56 Å². The van der Waals surface area contributed by atoms with Gasteiger partial charge in [-0.25, -0.2) is 0 Å². The molecule has 3 heterocycles. The maximum absolute atomic E-state index is 13.7. The molecule has 1 atom stereocenters. The molecule has 4 aromatic rings. The van der Waals surface area contributed by atoms with Crippen molar-refractivity contribution < 1.29 is 23.8 Å². The van der Waals surface area contributed by atoms with E-state index in [0.717, 1.165) is 35.9 Å². The third-order valence-electron chi connectivity index (χ3n) is 8.36. The number of benzene rings is 2. The summed E-state index contributed by atoms with van der Waals surface area (Å²) >= 11 is 6.24. The summed E-state index contributed by atoms with van der Waals surface area (Å²) in [6.45, 7) is 5.79. The second-order valence-corrected chi connectivity index (χ2v) is 11.4. The molecule has 2 aromatic heterocycles. The van der Waals surface area contributed by atoms with Crippen LogP contribution in [0.2, 0.25) is 5.02 Å². The third kappa shape index (κ3) is 4.92. The fraction of sp³-hybridized carbons (Fsp3) is 0.303.